The van der Waals surface area contributed by atoms with Gasteiger partial charge in [0.25, 0.3) is 0 Å². The van der Waals surface area contributed by atoms with Crippen LogP contribution >= 0.6 is 11.6 Å². The molecule has 0 spiro atoms. The van der Waals surface area contributed by atoms with Gasteiger partial charge in [-0.2, -0.15) is 0 Å². The van der Waals surface area contributed by atoms with Gasteiger partial charge in [-0.1, -0.05) is 11.6 Å². The van der Waals surface area contributed by atoms with Gasteiger partial charge in [0.05, 0.1) is 5.02 Å². The van der Waals surface area contributed by atoms with E-state index in [0.29, 0.717) is 23.1 Å². The van der Waals surface area contributed by atoms with E-state index in [0.717, 1.165) is 5.56 Å². The minimum Gasteiger partial charge on any atom is -0.454 e. The minimum atomic E-state index is -0.0497. The first kappa shape index (κ1) is 12.8. The monoisotopic (exact) mass is 267 g/mol. The van der Waals surface area contributed by atoms with E-state index in [-0.39, 0.29) is 12.7 Å². The van der Waals surface area contributed by atoms with Crippen LogP contribution in [0.25, 0.3) is 6.08 Å². The van der Waals surface area contributed by atoms with Crippen molar-refractivity contribution in [3.05, 3.63) is 28.8 Å². The van der Waals surface area contributed by atoms with Crippen molar-refractivity contribution in [2.75, 3.05) is 20.4 Å². The van der Waals surface area contributed by atoms with Crippen molar-refractivity contribution in [3.63, 3.8) is 0 Å². The third kappa shape index (κ3) is 2.59. The van der Waals surface area contributed by atoms with Crippen LogP contribution in [0.4, 0.5) is 0 Å². The summed E-state index contributed by atoms with van der Waals surface area (Å²) in [6.45, 7) is 2.77. The van der Waals surface area contributed by atoms with E-state index in [2.05, 4.69) is 0 Å². The summed E-state index contributed by atoms with van der Waals surface area (Å²) in [7, 11) is 1.75. The predicted molar refractivity (Wildman–Crippen MR) is 69.9 cm³/mol. The third-order valence-corrected chi connectivity index (χ3v) is 3.00. The minimum absolute atomic E-state index is 0.0497. The Morgan fingerprint density at radius 2 is 2.28 bits per heavy atom. The molecule has 1 aromatic rings. The molecule has 0 aliphatic carbocycles. The average molecular weight is 268 g/mol. The van der Waals surface area contributed by atoms with Crippen LogP contribution in [0.5, 0.6) is 11.5 Å². The highest BCUT2D eigenvalue weighted by Crippen LogP contribution is 2.39. The van der Waals surface area contributed by atoms with Crippen LogP contribution in [-0.2, 0) is 4.79 Å². The lowest BCUT2D eigenvalue weighted by Crippen LogP contribution is -2.23. The van der Waals surface area contributed by atoms with Gasteiger partial charge in [-0.15, -0.1) is 0 Å². The second-order valence-electron chi connectivity index (χ2n) is 3.92. The Kier molecular flexibility index (Phi) is 3.77. The highest BCUT2D eigenvalue weighted by Gasteiger charge is 2.17. The molecule has 0 bridgehead atoms. The molecule has 96 valence electrons. The van der Waals surface area contributed by atoms with E-state index >= 15 is 0 Å². The number of likely N-dealkylation sites (N-methyl/N-ethyl adjacent to an activating group) is 1. The molecule has 0 fully saturated rings. The van der Waals surface area contributed by atoms with Gasteiger partial charge < -0.3 is 14.4 Å². The molecule has 0 saturated carbocycles. The number of hydrogen-bond acceptors (Lipinski definition) is 3. The van der Waals surface area contributed by atoms with Crippen molar-refractivity contribution in [1.82, 2.24) is 4.90 Å². The van der Waals surface area contributed by atoms with Crippen molar-refractivity contribution >= 4 is 23.6 Å². The van der Waals surface area contributed by atoms with Crippen molar-refractivity contribution < 1.29 is 14.3 Å². The third-order valence-electron chi connectivity index (χ3n) is 2.72. The Morgan fingerprint density at radius 3 is 3.00 bits per heavy atom. The van der Waals surface area contributed by atoms with Crippen LogP contribution < -0.4 is 9.47 Å². The highest BCUT2D eigenvalue weighted by molar-refractivity contribution is 6.32. The SMILES string of the molecule is CCN(C)C(=O)/C=C/c1cc(Cl)c2c(c1)OCO2. The molecule has 18 heavy (non-hydrogen) atoms. The normalized spacial score (nSPS) is 13.1. The summed E-state index contributed by atoms with van der Waals surface area (Å²) in [6, 6.07) is 3.54. The van der Waals surface area contributed by atoms with Crippen LogP contribution in [0, 0.1) is 0 Å². The number of nitrogens with zero attached hydrogens (tertiary/aromatic N) is 1. The molecule has 1 aromatic carbocycles. The molecule has 0 saturated heterocycles. The summed E-state index contributed by atoms with van der Waals surface area (Å²) in [5, 5.41) is 0.487. The highest BCUT2D eigenvalue weighted by atomic mass is 35.5. The van der Waals surface area contributed by atoms with Crippen molar-refractivity contribution in [2.24, 2.45) is 0 Å². The van der Waals surface area contributed by atoms with E-state index < -0.39 is 0 Å². The molecule has 1 aliphatic rings. The maximum Gasteiger partial charge on any atom is 0.246 e. The number of fused-ring (bicyclic) bond motifs is 1. The van der Waals surface area contributed by atoms with Crippen molar-refractivity contribution in [2.45, 2.75) is 6.92 Å². The van der Waals surface area contributed by atoms with E-state index in [1.54, 1.807) is 30.2 Å². The van der Waals surface area contributed by atoms with E-state index in [9.17, 15) is 4.79 Å². The Morgan fingerprint density at radius 1 is 1.50 bits per heavy atom. The molecule has 2 rings (SSSR count). The van der Waals surface area contributed by atoms with Gasteiger partial charge in [0.15, 0.2) is 11.5 Å². The number of benzene rings is 1. The lowest BCUT2D eigenvalue weighted by Gasteiger charge is -2.10. The quantitative estimate of drug-likeness (QED) is 0.790. The van der Waals surface area contributed by atoms with Gasteiger partial charge in [-0.05, 0) is 30.7 Å². The lowest BCUT2D eigenvalue weighted by molar-refractivity contribution is -0.124. The van der Waals surface area contributed by atoms with Crippen LogP contribution in [0.3, 0.4) is 0 Å². The summed E-state index contributed by atoms with van der Waals surface area (Å²) in [5.74, 6) is 1.12. The Balaban J connectivity index is 2.18. The Labute approximate surface area is 111 Å². The molecule has 0 radical (unpaired) electrons. The maximum absolute atomic E-state index is 11.6. The number of rotatable bonds is 3. The van der Waals surface area contributed by atoms with Gasteiger partial charge >= 0.3 is 0 Å². The zero-order valence-electron chi connectivity index (χ0n) is 10.3. The fraction of sp³-hybridized carbons (Fsp3) is 0.308. The summed E-state index contributed by atoms with van der Waals surface area (Å²) in [4.78, 5) is 13.2. The Hall–Kier alpha value is -1.68. The number of ether oxygens (including phenoxy) is 2. The van der Waals surface area contributed by atoms with Crippen LogP contribution in [0.1, 0.15) is 12.5 Å². The topological polar surface area (TPSA) is 38.8 Å². The second kappa shape index (κ2) is 5.31. The van der Waals surface area contributed by atoms with Crippen LogP contribution in [0.2, 0.25) is 5.02 Å². The summed E-state index contributed by atoms with van der Waals surface area (Å²) < 4.78 is 10.5. The molecule has 4 nitrogen and oxygen atoms in total. The van der Waals surface area contributed by atoms with Crippen LogP contribution in [-0.4, -0.2) is 31.2 Å². The smallest absolute Gasteiger partial charge is 0.246 e. The maximum atomic E-state index is 11.6. The first-order valence-corrected chi connectivity index (χ1v) is 6.02. The summed E-state index contributed by atoms with van der Waals surface area (Å²) >= 11 is 6.05. The fourth-order valence-electron chi connectivity index (χ4n) is 1.53. The molecule has 1 aliphatic heterocycles. The second-order valence-corrected chi connectivity index (χ2v) is 4.33. The molecule has 0 unspecified atom stereocenters. The zero-order valence-corrected chi connectivity index (χ0v) is 11.0. The lowest BCUT2D eigenvalue weighted by atomic mass is 10.2. The molecule has 1 amide bonds. The number of amides is 1. The molecule has 0 N–H and O–H groups in total. The van der Waals surface area contributed by atoms with Gasteiger partial charge in [0.2, 0.25) is 12.7 Å². The van der Waals surface area contributed by atoms with E-state index in [1.165, 1.54) is 6.08 Å². The van der Waals surface area contributed by atoms with Crippen LogP contribution in [0.15, 0.2) is 18.2 Å². The van der Waals surface area contributed by atoms with Gasteiger partial charge in [-0.25, -0.2) is 0 Å². The molecule has 0 atom stereocenters. The molecule has 0 aromatic heterocycles. The molecule has 1 heterocycles. The first-order valence-electron chi connectivity index (χ1n) is 5.64. The average Bonchev–Trinajstić information content (AvgIpc) is 2.83. The number of halogens is 1. The first-order chi connectivity index (χ1) is 8.61. The van der Waals surface area contributed by atoms with Crippen molar-refractivity contribution in [3.8, 4) is 11.5 Å². The predicted octanol–water partition coefficient (Wildman–Crippen LogP) is 2.56. The largest absolute Gasteiger partial charge is 0.454 e. The van der Waals surface area contributed by atoms with Gasteiger partial charge in [0, 0.05) is 19.7 Å². The summed E-state index contributed by atoms with van der Waals surface area (Å²) in [6.07, 6.45) is 3.22. The van der Waals surface area contributed by atoms with Gasteiger partial charge in [-0.3, -0.25) is 4.79 Å². The van der Waals surface area contributed by atoms with Crippen molar-refractivity contribution in [1.29, 1.82) is 0 Å². The fourth-order valence-corrected chi connectivity index (χ4v) is 1.81. The standard InChI is InChI=1S/C13H14ClNO3/c1-3-15(2)12(16)5-4-9-6-10(14)13-11(7-9)17-8-18-13/h4-7H,3,8H2,1-2H3/b5-4+. The van der Waals surface area contributed by atoms with Gasteiger partial charge in [0.1, 0.15) is 0 Å². The number of hydrogen-bond donors (Lipinski definition) is 0. The number of carbonyl (C=O) groups excluding carboxylic acids is 1. The van der Waals surface area contributed by atoms with E-state index in [4.69, 9.17) is 21.1 Å². The molecule has 5 heteroatoms. The molecular weight excluding hydrogens is 254 g/mol. The van der Waals surface area contributed by atoms with E-state index in [1.807, 2.05) is 6.92 Å². The Bertz CT molecular complexity index is 499. The number of carbonyl (C=O) groups is 1. The zero-order chi connectivity index (χ0) is 13.1. The summed E-state index contributed by atoms with van der Waals surface area (Å²) in [5.41, 5.74) is 0.808. The molecular formula is C13H14ClNO3.